The quantitative estimate of drug-likeness (QED) is 0.713. The van der Waals surface area contributed by atoms with Gasteiger partial charge in [-0.15, -0.1) is 0 Å². The number of hydrogen-bond donors (Lipinski definition) is 3. The van der Waals surface area contributed by atoms with Crippen molar-refractivity contribution in [3.63, 3.8) is 0 Å². The van der Waals surface area contributed by atoms with Crippen LogP contribution in [0.5, 0.6) is 0 Å². The minimum Gasteiger partial charge on any atom is -0.481 e. The summed E-state index contributed by atoms with van der Waals surface area (Å²) in [6, 6.07) is 0. The van der Waals surface area contributed by atoms with Crippen molar-refractivity contribution in [3.05, 3.63) is 24.8 Å². The van der Waals surface area contributed by atoms with Crippen LogP contribution in [0.25, 0.3) is 5.65 Å². The van der Waals surface area contributed by atoms with Crippen LogP contribution in [-0.4, -0.2) is 36.5 Å². The molecule has 0 bridgehead atoms. The van der Waals surface area contributed by atoms with Crippen LogP contribution in [0.3, 0.4) is 0 Å². The lowest BCUT2D eigenvalue weighted by atomic mass is 10.3. The van der Waals surface area contributed by atoms with Crippen LogP contribution >= 0.6 is 0 Å². The Balaban J connectivity index is 0.000000187. The molecule has 2 heterocycles. The zero-order valence-electron chi connectivity index (χ0n) is 9.35. The fourth-order valence-electron chi connectivity index (χ4n) is 1.09. The summed E-state index contributed by atoms with van der Waals surface area (Å²) in [7, 11) is 0. The molecule has 0 aliphatic rings. The number of rotatable bonds is 3. The Bertz CT molecular complexity index is 538. The molecule has 8 heteroatoms. The van der Waals surface area contributed by atoms with Crippen LogP contribution in [0, 0.1) is 0 Å². The van der Waals surface area contributed by atoms with Gasteiger partial charge in [0.2, 0.25) is 0 Å². The number of aromatic nitrogens is 3. The lowest BCUT2D eigenvalue weighted by Gasteiger charge is -1.93. The van der Waals surface area contributed by atoms with E-state index >= 15 is 0 Å². The molecular formula is C10H12N4O4. The van der Waals surface area contributed by atoms with Crippen LogP contribution in [0.4, 0.5) is 5.82 Å². The van der Waals surface area contributed by atoms with E-state index in [1.165, 1.54) is 0 Å². The first-order valence-electron chi connectivity index (χ1n) is 4.97. The van der Waals surface area contributed by atoms with Crippen molar-refractivity contribution in [1.29, 1.82) is 0 Å². The number of carbonyl (C=O) groups is 2. The van der Waals surface area contributed by atoms with E-state index in [4.69, 9.17) is 15.9 Å². The summed E-state index contributed by atoms with van der Waals surface area (Å²) in [6.45, 7) is 0. The third-order valence-corrected chi connectivity index (χ3v) is 1.89. The number of nitrogen functional groups attached to an aromatic ring is 1. The molecule has 18 heavy (non-hydrogen) atoms. The Morgan fingerprint density at radius 2 is 1.61 bits per heavy atom. The molecule has 0 spiro atoms. The van der Waals surface area contributed by atoms with Gasteiger partial charge in [-0.25, -0.2) is 9.97 Å². The largest absolute Gasteiger partial charge is 0.481 e. The maximum Gasteiger partial charge on any atom is 0.303 e. The molecule has 0 radical (unpaired) electrons. The van der Waals surface area contributed by atoms with Gasteiger partial charge in [-0.1, -0.05) is 0 Å². The molecular weight excluding hydrogens is 240 g/mol. The summed E-state index contributed by atoms with van der Waals surface area (Å²) in [4.78, 5) is 27.1. The van der Waals surface area contributed by atoms with E-state index in [1.54, 1.807) is 18.6 Å². The number of aliphatic carboxylic acids is 2. The van der Waals surface area contributed by atoms with E-state index < -0.39 is 11.9 Å². The maximum absolute atomic E-state index is 9.64. The van der Waals surface area contributed by atoms with Gasteiger partial charge < -0.3 is 20.3 Å². The Morgan fingerprint density at radius 1 is 1.11 bits per heavy atom. The molecule has 4 N–H and O–H groups in total. The summed E-state index contributed by atoms with van der Waals surface area (Å²) in [5.74, 6) is -1.69. The van der Waals surface area contributed by atoms with Crippen LogP contribution in [-0.2, 0) is 9.59 Å². The van der Waals surface area contributed by atoms with Crippen molar-refractivity contribution >= 4 is 23.4 Å². The first-order valence-corrected chi connectivity index (χ1v) is 4.97. The minimum atomic E-state index is -1.08. The second-order valence-electron chi connectivity index (χ2n) is 3.26. The molecule has 0 fully saturated rings. The highest BCUT2D eigenvalue weighted by molar-refractivity contribution is 5.75. The molecule has 0 unspecified atom stereocenters. The molecule has 0 saturated heterocycles. The third kappa shape index (κ3) is 4.08. The SMILES string of the molecule is Nc1nccn2ccnc12.O=C(O)CCC(=O)O. The highest BCUT2D eigenvalue weighted by Gasteiger charge is 2.00. The summed E-state index contributed by atoms with van der Waals surface area (Å²) in [6.07, 6.45) is 6.37. The molecule has 2 aromatic rings. The van der Waals surface area contributed by atoms with Crippen molar-refractivity contribution in [2.45, 2.75) is 12.8 Å². The van der Waals surface area contributed by atoms with Crippen LogP contribution < -0.4 is 5.73 Å². The van der Waals surface area contributed by atoms with Crippen molar-refractivity contribution in [2.24, 2.45) is 0 Å². The number of carboxylic acids is 2. The zero-order chi connectivity index (χ0) is 13.5. The van der Waals surface area contributed by atoms with Crippen LogP contribution in [0.1, 0.15) is 12.8 Å². The predicted octanol–water partition coefficient (Wildman–Crippen LogP) is 0.247. The van der Waals surface area contributed by atoms with Gasteiger partial charge in [-0.3, -0.25) is 9.59 Å². The molecule has 0 aliphatic carbocycles. The first kappa shape index (κ1) is 13.4. The topological polar surface area (TPSA) is 131 Å². The number of imidazole rings is 1. The molecule has 0 aromatic carbocycles. The fraction of sp³-hybridized carbons (Fsp3) is 0.200. The second kappa shape index (κ2) is 6.18. The predicted molar refractivity (Wildman–Crippen MR) is 61.9 cm³/mol. The summed E-state index contributed by atoms with van der Waals surface area (Å²) < 4.78 is 1.82. The third-order valence-electron chi connectivity index (χ3n) is 1.89. The molecule has 0 atom stereocenters. The van der Waals surface area contributed by atoms with Crippen LogP contribution in [0.15, 0.2) is 24.8 Å². The van der Waals surface area contributed by atoms with E-state index in [2.05, 4.69) is 9.97 Å². The lowest BCUT2D eigenvalue weighted by molar-refractivity contribution is -0.143. The summed E-state index contributed by atoms with van der Waals surface area (Å²) in [5.41, 5.74) is 6.22. The van der Waals surface area contributed by atoms with Gasteiger partial charge in [0.25, 0.3) is 0 Å². The van der Waals surface area contributed by atoms with Gasteiger partial charge in [0, 0.05) is 24.8 Å². The highest BCUT2D eigenvalue weighted by Crippen LogP contribution is 2.04. The Hall–Kier alpha value is -2.64. The molecule has 8 nitrogen and oxygen atoms in total. The zero-order valence-corrected chi connectivity index (χ0v) is 9.35. The molecule has 0 aliphatic heterocycles. The Kier molecular flexibility index (Phi) is 4.61. The van der Waals surface area contributed by atoms with E-state index in [-0.39, 0.29) is 12.8 Å². The first-order chi connectivity index (χ1) is 8.50. The van der Waals surface area contributed by atoms with E-state index in [0.717, 1.165) is 0 Å². The molecule has 96 valence electrons. The van der Waals surface area contributed by atoms with Gasteiger partial charge in [0.15, 0.2) is 11.5 Å². The number of nitrogens with two attached hydrogens (primary N) is 1. The monoisotopic (exact) mass is 252 g/mol. The van der Waals surface area contributed by atoms with Crippen molar-refractivity contribution < 1.29 is 19.8 Å². The molecule has 2 aromatic heterocycles. The van der Waals surface area contributed by atoms with Gasteiger partial charge in [0.05, 0.1) is 12.8 Å². The number of nitrogens with zero attached hydrogens (tertiary/aromatic N) is 3. The van der Waals surface area contributed by atoms with Crippen molar-refractivity contribution in [1.82, 2.24) is 14.4 Å². The standard InChI is InChI=1S/C6H6N4.C4H6O4/c7-5-6-9-2-4-10(6)3-1-8-5;5-3(6)1-2-4(7)8/h1-4H,(H2,7,8);1-2H2,(H,5,6)(H,7,8). The smallest absolute Gasteiger partial charge is 0.303 e. The maximum atomic E-state index is 9.64. The molecule has 0 saturated carbocycles. The molecule has 2 rings (SSSR count). The normalized spacial score (nSPS) is 9.56. The fourth-order valence-corrected chi connectivity index (χ4v) is 1.09. The van der Waals surface area contributed by atoms with Crippen LogP contribution in [0.2, 0.25) is 0 Å². The highest BCUT2D eigenvalue weighted by atomic mass is 16.4. The van der Waals surface area contributed by atoms with E-state index in [9.17, 15) is 9.59 Å². The Morgan fingerprint density at radius 3 is 2.06 bits per heavy atom. The van der Waals surface area contributed by atoms with Gasteiger partial charge in [-0.2, -0.15) is 0 Å². The number of carboxylic acid groups (broad SMARTS) is 2. The average molecular weight is 252 g/mol. The molecule has 0 amide bonds. The van der Waals surface area contributed by atoms with Gasteiger partial charge in [-0.05, 0) is 0 Å². The number of fused-ring (bicyclic) bond motifs is 1. The minimum absolute atomic E-state index is 0.296. The van der Waals surface area contributed by atoms with E-state index in [0.29, 0.717) is 11.5 Å². The Labute approximate surface area is 102 Å². The van der Waals surface area contributed by atoms with Gasteiger partial charge >= 0.3 is 11.9 Å². The van der Waals surface area contributed by atoms with Crippen molar-refractivity contribution in [2.75, 3.05) is 5.73 Å². The lowest BCUT2D eigenvalue weighted by Crippen LogP contribution is -2.00. The second-order valence-corrected chi connectivity index (χ2v) is 3.26. The summed E-state index contributed by atoms with van der Waals surface area (Å²) in [5, 5.41) is 15.8. The average Bonchev–Trinajstić information content (AvgIpc) is 2.77. The van der Waals surface area contributed by atoms with Gasteiger partial charge in [0.1, 0.15) is 0 Å². The number of anilines is 1. The summed E-state index contributed by atoms with van der Waals surface area (Å²) >= 11 is 0. The number of hydrogen-bond acceptors (Lipinski definition) is 5. The van der Waals surface area contributed by atoms with Crippen molar-refractivity contribution in [3.8, 4) is 0 Å². The van der Waals surface area contributed by atoms with E-state index in [1.807, 2.05) is 10.6 Å².